The number of nitrogens with zero attached hydrogens (tertiary/aromatic N) is 2. The average Bonchev–Trinajstić information content (AvgIpc) is 2.51. The number of benzene rings is 1. The zero-order valence-corrected chi connectivity index (χ0v) is 16.6. The summed E-state index contributed by atoms with van der Waals surface area (Å²) in [7, 11) is 1.81. The lowest BCUT2D eigenvalue weighted by Gasteiger charge is -2.24. The summed E-state index contributed by atoms with van der Waals surface area (Å²) in [5, 5.41) is 2.98. The van der Waals surface area contributed by atoms with E-state index in [1.165, 1.54) is 5.56 Å². The smallest absolute Gasteiger partial charge is 0.238 e. The minimum atomic E-state index is -0.0954. The summed E-state index contributed by atoms with van der Waals surface area (Å²) in [6.07, 6.45) is 2.08. The van der Waals surface area contributed by atoms with Gasteiger partial charge in [0.15, 0.2) is 0 Å². The molecule has 140 valence electrons. The Morgan fingerprint density at radius 2 is 1.64 bits per heavy atom. The number of unbranched alkanes of at least 4 members (excludes halogenated alkanes) is 1. The lowest BCUT2D eigenvalue weighted by molar-refractivity contribution is -0.132. The van der Waals surface area contributed by atoms with E-state index in [1.807, 2.05) is 32.6 Å². The van der Waals surface area contributed by atoms with Crippen molar-refractivity contribution >= 4 is 17.5 Å². The van der Waals surface area contributed by atoms with Crippen LogP contribution in [-0.2, 0) is 9.59 Å². The maximum atomic E-state index is 12.3. The fourth-order valence-electron chi connectivity index (χ4n) is 3.00. The van der Waals surface area contributed by atoms with Crippen molar-refractivity contribution in [1.29, 1.82) is 0 Å². The number of nitrogens with one attached hydrogen (secondary N) is 1. The molecule has 0 unspecified atom stereocenters. The highest BCUT2D eigenvalue weighted by Gasteiger charge is 2.16. The number of hydrogen-bond acceptors (Lipinski definition) is 3. The van der Waals surface area contributed by atoms with Gasteiger partial charge in [-0.05, 0) is 52.3 Å². The first kappa shape index (κ1) is 21.2. The average molecular weight is 348 g/mol. The Morgan fingerprint density at radius 3 is 2.16 bits per heavy atom. The highest BCUT2D eigenvalue weighted by Crippen LogP contribution is 2.21. The van der Waals surface area contributed by atoms with E-state index in [4.69, 9.17) is 0 Å². The minimum Gasteiger partial charge on any atom is -0.342 e. The molecule has 0 atom stereocenters. The Morgan fingerprint density at radius 1 is 1.04 bits per heavy atom. The van der Waals surface area contributed by atoms with Crippen LogP contribution in [0, 0.1) is 20.8 Å². The van der Waals surface area contributed by atoms with Crippen LogP contribution in [0.1, 0.15) is 43.4 Å². The Balaban J connectivity index is 2.58. The molecule has 1 aromatic carbocycles. The second kappa shape index (κ2) is 10.2. The number of anilines is 1. The Labute approximate surface area is 152 Å². The highest BCUT2D eigenvalue weighted by molar-refractivity contribution is 5.94. The van der Waals surface area contributed by atoms with E-state index in [0.717, 1.165) is 36.2 Å². The largest absolute Gasteiger partial charge is 0.342 e. The number of carbonyl (C=O) groups is 2. The third-order valence-corrected chi connectivity index (χ3v) is 4.28. The van der Waals surface area contributed by atoms with E-state index >= 15 is 0 Å². The van der Waals surface area contributed by atoms with Gasteiger partial charge in [0, 0.05) is 18.8 Å². The van der Waals surface area contributed by atoms with Crippen molar-refractivity contribution in [3.05, 3.63) is 28.8 Å². The molecule has 0 aliphatic carbocycles. The summed E-state index contributed by atoms with van der Waals surface area (Å²) in [5.41, 5.74) is 4.17. The molecule has 0 aromatic heterocycles. The van der Waals surface area contributed by atoms with Gasteiger partial charge in [0.2, 0.25) is 11.8 Å². The first-order valence-corrected chi connectivity index (χ1v) is 9.12. The SMILES string of the molecule is CCCCN(CC)C(=O)CN(C)CC(=O)Nc1c(C)cc(C)cc1C. The zero-order valence-electron chi connectivity index (χ0n) is 16.6. The molecule has 25 heavy (non-hydrogen) atoms. The fraction of sp³-hybridized carbons (Fsp3) is 0.600. The van der Waals surface area contributed by atoms with E-state index in [0.29, 0.717) is 6.54 Å². The van der Waals surface area contributed by atoms with Gasteiger partial charge in [-0.15, -0.1) is 0 Å². The zero-order chi connectivity index (χ0) is 19.0. The molecule has 0 bridgehead atoms. The molecule has 0 fully saturated rings. The molecule has 5 nitrogen and oxygen atoms in total. The van der Waals surface area contributed by atoms with Crippen molar-refractivity contribution in [1.82, 2.24) is 9.80 Å². The van der Waals surface area contributed by atoms with Gasteiger partial charge in [0.25, 0.3) is 0 Å². The third-order valence-electron chi connectivity index (χ3n) is 4.28. The van der Waals surface area contributed by atoms with Crippen LogP contribution in [0.2, 0.25) is 0 Å². The normalized spacial score (nSPS) is 10.8. The van der Waals surface area contributed by atoms with Crippen LogP contribution in [0.25, 0.3) is 0 Å². The summed E-state index contributed by atoms with van der Waals surface area (Å²) in [6, 6.07) is 4.12. The number of aryl methyl sites for hydroxylation is 3. The molecular formula is C20H33N3O2. The van der Waals surface area contributed by atoms with Crippen molar-refractivity contribution in [2.24, 2.45) is 0 Å². The Bertz CT molecular complexity index is 576. The van der Waals surface area contributed by atoms with Gasteiger partial charge in [0.1, 0.15) is 0 Å². The van der Waals surface area contributed by atoms with Crippen LogP contribution >= 0.6 is 0 Å². The number of likely N-dealkylation sites (N-methyl/N-ethyl adjacent to an activating group) is 2. The molecule has 0 heterocycles. The van der Waals surface area contributed by atoms with Gasteiger partial charge in [-0.2, -0.15) is 0 Å². The molecule has 0 radical (unpaired) electrons. The number of rotatable bonds is 9. The molecule has 0 aliphatic heterocycles. The molecule has 0 saturated heterocycles. The van der Waals surface area contributed by atoms with E-state index in [1.54, 1.807) is 11.9 Å². The Hall–Kier alpha value is -1.88. The van der Waals surface area contributed by atoms with Gasteiger partial charge in [-0.25, -0.2) is 0 Å². The molecule has 0 spiro atoms. The van der Waals surface area contributed by atoms with Crippen molar-refractivity contribution in [2.75, 3.05) is 38.5 Å². The van der Waals surface area contributed by atoms with Crippen LogP contribution in [0.5, 0.6) is 0 Å². The second-order valence-electron chi connectivity index (χ2n) is 6.82. The van der Waals surface area contributed by atoms with Crippen molar-refractivity contribution < 1.29 is 9.59 Å². The van der Waals surface area contributed by atoms with Gasteiger partial charge in [0.05, 0.1) is 13.1 Å². The van der Waals surface area contributed by atoms with E-state index < -0.39 is 0 Å². The molecule has 0 saturated carbocycles. The van der Waals surface area contributed by atoms with Gasteiger partial charge in [-0.3, -0.25) is 14.5 Å². The van der Waals surface area contributed by atoms with Gasteiger partial charge < -0.3 is 10.2 Å². The predicted molar refractivity (Wildman–Crippen MR) is 104 cm³/mol. The summed E-state index contributed by atoms with van der Waals surface area (Å²) in [5.74, 6) is -0.0177. The highest BCUT2D eigenvalue weighted by atomic mass is 16.2. The number of hydrogen-bond donors (Lipinski definition) is 1. The number of carbonyl (C=O) groups excluding carboxylic acids is 2. The maximum Gasteiger partial charge on any atom is 0.238 e. The first-order chi connectivity index (χ1) is 11.8. The van der Waals surface area contributed by atoms with Crippen LogP contribution < -0.4 is 5.32 Å². The van der Waals surface area contributed by atoms with Crippen molar-refractivity contribution in [3.8, 4) is 0 Å². The molecule has 1 aromatic rings. The molecule has 2 amide bonds. The molecule has 1 rings (SSSR count). The third kappa shape index (κ3) is 6.86. The van der Waals surface area contributed by atoms with Crippen LogP contribution in [0.3, 0.4) is 0 Å². The molecule has 0 aliphatic rings. The van der Waals surface area contributed by atoms with E-state index in [2.05, 4.69) is 24.4 Å². The van der Waals surface area contributed by atoms with E-state index in [-0.39, 0.29) is 24.9 Å². The summed E-state index contributed by atoms with van der Waals surface area (Å²) in [6.45, 7) is 12.1. The van der Waals surface area contributed by atoms with Crippen LogP contribution in [-0.4, -0.2) is 54.8 Å². The first-order valence-electron chi connectivity index (χ1n) is 9.12. The second-order valence-corrected chi connectivity index (χ2v) is 6.82. The van der Waals surface area contributed by atoms with Gasteiger partial charge >= 0.3 is 0 Å². The summed E-state index contributed by atoms with van der Waals surface area (Å²) < 4.78 is 0. The summed E-state index contributed by atoms with van der Waals surface area (Å²) in [4.78, 5) is 28.3. The van der Waals surface area contributed by atoms with Crippen LogP contribution in [0.4, 0.5) is 5.69 Å². The lowest BCUT2D eigenvalue weighted by Crippen LogP contribution is -2.41. The number of amides is 2. The minimum absolute atomic E-state index is 0.0777. The summed E-state index contributed by atoms with van der Waals surface area (Å²) >= 11 is 0. The molecule has 5 heteroatoms. The van der Waals surface area contributed by atoms with Gasteiger partial charge in [-0.1, -0.05) is 31.0 Å². The fourth-order valence-corrected chi connectivity index (χ4v) is 3.00. The topological polar surface area (TPSA) is 52.7 Å². The van der Waals surface area contributed by atoms with Crippen molar-refractivity contribution in [2.45, 2.75) is 47.5 Å². The predicted octanol–water partition coefficient (Wildman–Crippen LogP) is 3.13. The Kier molecular flexibility index (Phi) is 8.62. The van der Waals surface area contributed by atoms with Crippen LogP contribution in [0.15, 0.2) is 12.1 Å². The molecule has 1 N–H and O–H groups in total. The molecular weight excluding hydrogens is 314 g/mol. The standard InChI is InChI=1S/C20H33N3O2/c1-7-9-10-23(8-2)19(25)14-22(6)13-18(24)21-20-16(4)11-15(3)12-17(20)5/h11-12H,7-10,13-14H2,1-6H3,(H,21,24). The maximum absolute atomic E-state index is 12.3. The quantitative estimate of drug-likeness (QED) is 0.747. The monoisotopic (exact) mass is 347 g/mol. The van der Waals surface area contributed by atoms with E-state index in [9.17, 15) is 9.59 Å². The van der Waals surface area contributed by atoms with Crippen molar-refractivity contribution in [3.63, 3.8) is 0 Å². The lowest BCUT2D eigenvalue weighted by atomic mass is 10.1.